The summed E-state index contributed by atoms with van der Waals surface area (Å²) in [5.41, 5.74) is 1.45. The zero-order chi connectivity index (χ0) is 15.4. The van der Waals surface area contributed by atoms with Crippen molar-refractivity contribution in [1.82, 2.24) is 0 Å². The van der Waals surface area contributed by atoms with Gasteiger partial charge in [-0.3, -0.25) is 4.79 Å². The van der Waals surface area contributed by atoms with Crippen molar-refractivity contribution in [3.05, 3.63) is 51.2 Å². The molecule has 0 amide bonds. The predicted octanol–water partition coefficient (Wildman–Crippen LogP) is 3.56. The number of phenols is 1. The van der Waals surface area contributed by atoms with Crippen LogP contribution < -0.4 is 4.74 Å². The van der Waals surface area contributed by atoms with Crippen LogP contribution in [0, 0.1) is 18.3 Å². The van der Waals surface area contributed by atoms with Gasteiger partial charge in [-0.2, -0.15) is 5.26 Å². The topological polar surface area (TPSA) is 70.3 Å². The summed E-state index contributed by atoms with van der Waals surface area (Å²) in [5.74, 6) is -0.00492. The molecular formula is C16H13NO3S. The molecule has 0 aliphatic rings. The zero-order valence-electron chi connectivity index (χ0n) is 11.6. The molecule has 0 saturated carbocycles. The molecule has 0 fully saturated rings. The molecule has 0 aliphatic heterocycles. The monoisotopic (exact) mass is 299 g/mol. The minimum absolute atomic E-state index is 0.0325. The van der Waals surface area contributed by atoms with Gasteiger partial charge in [-0.05, 0) is 47.7 Å². The second-order valence-electron chi connectivity index (χ2n) is 4.36. The fraction of sp³-hybridized carbons (Fsp3) is 0.125. The molecule has 1 heterocycles. The highest BCUT2D eigenvalue weighted by Crippen LogP contribution is 2.28. The average molecular weight is 299 g/mol. The van der Waals surface area contributed by atoms with Crippen molar-refractivity contribution in [1.29, 1.82) is 5.26 Å². The molecule has 0 bridgehead atoms. The van der Waals surface area contributed by atoms with E-state index in [0.717, 1.165) is 5.56 Å². The summed E-state index contributed by atoms with van der Waals surface area (Å²) in [6, 6.07) is 8.46. The van der Waals surface area contributed by atoms with Gasteiger partial charge in [0.05, 0.1) is 12.0 Å². The Balaban J connectivity index is 2.38. The lowest BCUT2D eigenvalue weighted by molar-refractivity contribution is 0.104. The number of allylic oxidation sites excluding steroid dienone is 1. The number of hydrogen-bond acceptors (Lipinski definition) is 5. The maximum absolute atomic E-state index is 12.3. The van der Waals surface area contributed by atoms with Gasteiger partial charge in [0.2, 0.25) is 5.78 Å². The maximum atomic E-state index is 12.3. The number of carbonyl (C=O) groups is 1. The first-order valence-electron chi connectivity index (χ1n) is 6.14. The third kappa shape index (κ3) is 3.12. The van der Waals surface area contributed by atoms with Crippen LogP contribution in [-0.2, 0) is 0 Å². The predicted molar refractivity (Wildman–Crippen MR) is 81.6 cm³/mol. The minimum Gasteiger partial charge on any atom is -0.504 e. The summed E-state index contributed by atoms with van der Waals surface area (Å²) in [4.78, 5) is 12.9. The van der Waals surface area contributed by atoms with Gasteiger partial charge in [0.1, 0.15) is 11.6 Å². The van der Waals surface area contributed by atoms with Crippen LogP contribution in [0.3, 0.4) is 0 Å². The Bertz CT molecular complexity index is 753. The van der Waals surface area contributed by atoms with Crippen LogP contribution >= 0.6 is 11.3 Å². The maximum Gasteiger partial charge on any atom is 0.213 e. The lowest BCUT2D eigenvalue weighted by Gasteiger charge is -2.04. The van der Waals surface area contributed by atoms with Gasteiger partial charge in [0.15, 0.2) is 11.5 Å². The molecule has 2 aromatic rings. The average Bonchev–Trinajstić information content (AvgIpc) is 2.90. The second kappa shape index (κ2) is 6.25. The SMILES string of the molecule is COc1ccc(/C=C(/C#N)C(=O)c2sccc2C)cc1O. The lowest BCUT2D eigenvalue weighted by atomic mass is 10.1. The molecule has 0 atom stereocenters. The minimum atomic E-state index is -0.305. The number of phenolic OH excluding ortho intramolecular Hbond substituents is 1. The standard InChI is InChI=1S/C16H13NO3S/c1-10-5-6-21-16(10)15(19)12(9-17)7-11-3-4-14(20-2)13(18)8-11/h3-8,18H,1-2H3/b12-7-. The van der Waals surface area contributed by atoms with Crippen molar-refractivity contribution in [2.75, 3.05) is 7.11 Å². The molecule has 0 spiro atoms. The van der Waals surface area contributed by atoms with E-state index < -0.39 is 0 Å². The number of ether oxygens (including phenoxy) is 1. The molecule has 0 unspecified atom stereocenters. The van der Waals surface area contributed by atoms with E-state index in [4.69, 9.17) is 4.74 Å². The summed E-state index contributed by atoms with van der Waals surface area (Å²) < 4.78 is 4.95. The Kier molecular flexibility index (Phi) is 4.41. The third-order valence-electron chi connectivity index (χ3n) is 2.95. The van der Waals surface area contributed by atoms with Crippen LogP contribution in [-0.4, -0.2) is 18.0 Å². The Morgan fingerprint density at radius 3 is 2.71 bits per heavy atom. The van der Waals surface area contributed by atoms with Crippen molar-refractivity contribution in [3.63, 3.8) is 0 Å². The molecule has 1 aromatic heterocycles. The van der Waals surface area contributed by atoms with E-state index in [1.54, 1.807) is 12.1 Å². The van der Waals surface area contributed by atoms with Crippen LogP contribution in [0.15, 0.2) is 35.2 Å². The van der Waals surface area contributed by atoms with Gasteiger partial charge in [-0.1, -0.05) is 6.07 Å². The summed E-state index contributed by atoms with van der Waals surface area (Å²) in [7, 11) is 1.45. The molecule has 1 aromatic carbocycles. The van der Waals surface area contributed by atoms with Crippen molar-refractivity contribution < 1.29 is 14.6 Å². The number of thiophene rings is 1. The summed E-state index contributed by atoms with van der Waals surface area (Å²) >= 11 is 1.31. The van der Waals surface area contributed by atoms with Gasteiger partial charge in [0, 0.05) is 0 Å². The van der Waals surface area contributed by atoms with E-state index in [-0.39, 0.29) is 17.1 Å². The number of carbonyl (C=O) groups excluding carboxylic acids is 1. The van der Waals surface area contributed by atoms with E-state index in [9.17, 15) is 15.2 Å². The Morgan fingerprint density at radius 2 is 2.19 bits per heavy atom. The Morgan fingerprint density at radius 1 is 1.43 bits per heavy atom. The van der Waals surface area contributed by atoms with Crippen molar-refractivity contribution in [3.8, 4) is 17.6 Å². The summed E-state index contributed by atoms with van der Waals surface area (Å²) in [5, 5.41) is 20.7. The molecular weight excluding hydrogens is 286 g/mol. The Hall–Kier alpha value is -2.58. The van der Waals surface area contributed by atoms with E-state index in [1.165, 1.54) is 30.6 Å². The van der Waals surface area contributed by atoms with Gasteiger partial charge in [-0.25, -0.2) is 0 Å². The van der Waals surface area contributed by atoms with Crippen molar-refractivity contribution in [2.24, 2.45) is 0 Å². The largest absolute Gasteiger partial charge is 0.504 e. The zero-order valence-corrected chi connectivity index (χ0v) is 12.4. The molecule has 21 heavy (non-hydrogen) atoms. The van der Waals surface area contributed by atoms with Crippen molar-refractivity contribution in [2.45, 2.75) is 6.92 Å². The van der Waals surface area contributed by atoms with Gasteiger partial charge in [-0.15, -0.1) is 11.3 Å². The van der Waals surface area contributed by atoms with E-state index in [1.807, 2.05) is 24.4 Å². The first kappa shape index (κ1) is 14.8. The number of aryl methyl sites for hydroxylation is 1. The quantitative estimate of drug-likeness (QED) is 0.532. The number of hydrogen-bond donors (Lipinski definition) is 1. The molecule has 106 valence electrons. The summed E-state index contributed by atoms with van der Waals surface area (Å²) in [6.07, 6.45) is 1.46. The lowest BCUT2D eigenvalue weighted by Crippen LogP contribution is -2.01. The Labute approximate surface area is 126 Å². The van der Waals surface area contributed by atoms with Crippen LogP contribution in [0.2, 0.25) is 0 Å². The molecule has 1 N–H and O–H groups in total. The number of nitriles is 1. The number of benzene rings is 1. The van der Waals surface area contributed by atoms with Gasteiger partial charge in [0.25, 0.3) is 0 Å². The van der Waals surface area contributed by atoms with Gasteiger partial charge >= 0.3 is 0 Å². The fourth-order valence-corrected chi connectivity index (χ4v) is 2.72. The number of rotatable bonds is 4. The van der Waals surface area contributed by atoms with E-state index >= 15 is 0 Å². The van der Waals surface area contributed by atoms with Crippen LogP contribution in [0.1, 0.15) is 20.8 Å². The second-order valence-corrected chi connectivity index (χ2v) is 5.28. The highest BCUT2D eigenvalue weighted by atomic mass is 32.1. The fourth-order valence-electron chi connectivity index (χ4n) is 1.84. The van der Waals surface area contributed by atoms with E-state index in [2.05, 4.69) is 0 Å². The number of ketones is 1. The number of aromatic hydroxyl groups is 1. The molecule has 5 heteroatoms. The molecule has 0 saturated heterocycles. The highest BCUT2D eigenvalue weighted by molar-refractivity contribution is 7.12. The van der Waals surface area contributed by atoms with Crippen LogP contribution in [0.4, 0.5) is 0 Å². The van der Waals surface area contributed by atoms with E-state index in [0.29, 0.717) is 16.2 Å². The van der Waals surface area contributed by atoms with Crippen LogP contribution in [0.25, 0.3) is 6.08 Å². The molecule has 2 rings (SSSR count). The number of Topliss-reactive ketones (excluding diaryl/α,β-unsaturated/α-hetero) is 1. The molecule has 0 aliphatic carbocycles. The smallest absolute Gasteiger partial charge is 0.213 e. The summed E-state index contributed by atoms with van der Waals surface area (Å²) in [6.45, 7) is 1.83. The number of methoxy groups -OCH3 is 1. The first-order chi connectivity index (χ1) is 10.1. The molecule has 4 nitrogen and oxygen atoms in total. The first-order valence-corrected chi connectivity index (χ1v) is 7.02. The van der Waals surface area contributed by atoms with Gasteiger partial charge < -0.3 is 9.84 Å². The number of nitrogens with zero attached hydrogens (tertiary/aromatic N) is 1. The third-order valence-corrected chi connectivity index (χ3v) is 3.96. The van der Waals surface area contributed by atoms with Crippen LogP contribution in [0.5, 0.6) is 11.5 Å². The highest BCUT2D eigenvalue weighted by Gasteiger charge is 2.16. The van der Waals surface area contributed by atoms with Crippen molar-refractivity contribution >= 4 is 23.2 Å². The molecule has 0 radical (unpaired) electrons. The normalized spacial score (nSPS) is 11.0.